The molecule has 1 aliphatic carbocycles. The first-order valence-corrected chi connectivity index (χ1v) is 13.2. The van der Waals surface area contributed by atoms with Gasteiger partial charge in [0, 0.05) is 25.1 Å². The number of aliphatic imine (C=N–C) groups is 1. The lowest BCUT2D eigenvalue weighted by atomic mass is 9.77. The van der Waals surface area contributed by atoms with Crippen molar-refractivity contribution in [2.75, 3.05) is 11.4 Å². The SMILES string of the molecule is CC.CC=Nc1ccc(C#N)cc1C.CCC1CC(CN(C(=O)O)c2cnc(C(C)(C)O)cn2)CCC1(F)F. The second-order valence-electron chi connectivity index (χ2n) is 9.72. The first-order chi connectivity index (χ1) is 18.3. The number of aryl methyl sites for hydroxylation is 1. The van der Waals surface area contributed by atoms with Crippen molar-refractivity contribution in [1.82, 2.24) is 9.97 Å². The van der Waals surface area contributed by atoms with E-state index in [0.717, 1.165) is 16.2 Å². The van der Waals surface area contributed by atoms with Gasteiger partial charge in [-0.15, -0.1) is 0 Å². The molecule has 1 fully saturated rings. The number of nitriles is 1. The number of hydrogen-bond acceptors (Lipinski definition) is 6. The third-order valence-electron chi connectivity index (χ3n) is 6.40. The molecule has 0 bridgehead atoms. The number of alkyl halides is 2. The minimum absolute atomic E-state index is 0.110. The number of rotatable bonds is 6. The molecule has 0 radical (unpaired) electrons. The van der Waals surface area contributed by atoms with Crippen LogP contribution < -0.4 is 4.90 Å². The molecular weight excluding hydrogens is 504 g/mol. The van der Waals surface area contributed by atoms with Gasteiger partial charge in [0.05, 0.1) is 35.4 Å². The fourth-order valence-electron chi connectivity index (χ4n) is 4.24. The predicted molar refractivity (Wildman–Crippen MR) is 150 cm³/mol. The number of aliphatic hydroxyl groups is 1. The van der Waals surface area contributed by atoms with Gasteiger partial charge in [0.15, 0.2) is 5.82 Å². The van der Waals surface area contributed by atoms with Gasteiger partial charge in [-0.25, -0.2) is 18.6 Å². The topological polar surface area (TPSA) is 123 Å². The van der Waals surface area contributed by atoms with Crippen molar-refractivity contribution in [1.29, 1.82) is 5.26 Å². The first-order valence-electron chi connectivity index (χ1n) is 13.2. The van der Waals surface area contributed by atoms with Crippen molar-refractivity contribution >= 4 is 23.8 Å². The van der Waals surface area contributed by atoms with Crippen LogP contribution in [0.15, 0.2) is 35.6 Å². The molecule has 2 N–H and O–H groups in total. The number of benzene rings is 1. The summed E-state index contributed by atoms with van der Waals surface area (Å²) in [5.41, 5.74) is 1.79. The van der Waals surface area contributed by atoms with Gasteiger partial charge in [-0.3, -0.25) is 14.9 Å². The summed E-state index contributed by atoms with van der Waals surface area (Å²) in [6.45, 7) is 12.8. The van der Waals surface area contributed by atoms with Crippen LogP contribution in [0.25, 0.3) is 0 Å². The van der Waals surface area contributed by atoms with E-state index >= 15 is 0 Å². The minimum Gasteiger partial charge on any atom is -0.465 e. The number of anilines is 1. The maximum absolute atomic E-state index is 13.8. The zero-order chi connectivity index (χ0) is 29.8. The fourth-order valence-corrected chi connectivity index (χ4v) is 4.24. The third kappa shape index (κ3) is 9.98. The Morgan fingerprint density at radius 2 is 1.97 bits per heavy atom. The summed E-state index contributed by atoms with van der Waals surface area (Å²) in [5.74, 6) is -3.40. The van der Waals surface area contributed by atoms with E-state index in [1.165, 1.54) is 12.4 Å². The van der Waals surface area contributed by atoms with E-state index in [2.05, 4.69) is 21.0 Å². The normalized spacial score (nSPS) is 18.2. The smallest absolute Gasteiger partial charge is 0.413 e. The Morgan fingerprint density at radius 1 is 1.31 bits per heavy atom. The van der Waals surface area contributed by atoms with E-state index in [1.807, 2.05) is 39.8 Å². The Morgan fingerprint density at radius 3 is 2.44 bits per heavy atom. The third-order valence-corrected chi connectivity index (χ3v) is 6.40. The highest BCUT2D eigenvalue weighted by molar-refractivity contribution is 5.84. The number of aromatic nitrogens is 2. The lowest BCUT2D eigenvalue weighted by Gasteiger charge is -2.37. The predicted octanol–water partition coefficient (Wildman–Crippen LogP) is 7.27. The Labute approximate surface area is 230 Å². The molecule has 1 heterocycles. The highest BCUT2D eigenvalue weighted by Crippen LogP contribution is 2.43. The van der Waals surface area contributed by atoms with Crippen LogP contribution in [0.4, 0.5) is 25.1 Å². The molecule has 0 spiro atoms. The van der Waals surface area contributed by atoms with Crippen molar-refractivity contribution in [2.24, 2.45) is 16.8 Å². The number of hydrogen-bond donors (Lipinski definition) is 2. The Kier molecular flexibility index (Phi) is 13.1. The summed E-state index contributed by atoms with van der Waals surface area (Å²) in [6.07, 6.45) is 3.89. The van der Waals surface area contributed by atoms with Gasteiger partial charge in [-0.05, 0) is 76.6 Å². The summed E-state index contributed by atoms with van der Waals surface area (Å²) in [6, 6.07) is 7.55. The van der Waals surface area contributed by atoms with Crippen molar-refractivity contribution in [2.45, 2.75) is 85.7 Å². The number of carboxylic acid groups (broad SMARTS) is 1. The Bertz CT molecular complexity index is 1130. The van der Waals surface area contributed by atoms with E-state index in [-0.39, 0.29) is 31.1 Å². The Hall–Kier alpha value is -3.45. The maximum atomic E-state index is 13.8. The van der Waals surface area contributed by atoms with Crippen LogP contribution in [0.1, 0.15) is 84.0 Å². The highest BCUT2D eigenvalue weighted by atomic mass is 19.3. The van der Waals surface area contributed by atoms with E-state index in [4.69, 9.17) is 5.26 Å². The summed E-state index contributed by atoms with van der Waals surface area (Å²) in [4.78, 5) is 24.9. The molecule has 2 atom stereocenters. The average Bonchev–Trinajstić information content (AvgIpc) is 2.90. The van der Waals surface area contributed by atoms with Crippen LogP contribution in [-0.2, 0) is 5.60 Å². The van der Waals surface area contributed by atoms with Crippen LogP contribution in [0.3, 0.4) is 0 Å². The minimum atomic E-state index is -2.67. The van der Waals surface area contributed by atoms with Crippen LogP contribution in [0, 0.1) is 30.1 Å². The molecular formula is C29H41F2N5O3. The number of amides is 1. The fraction of sp³-hybridized carbons (Fsp3) is 0.552. The molecule has 0 aliphatic heterocycles. The molecule has 39 heavy (non-hydrogen) atoms. The summed E-state index contributed by atoms with van der Waals surface area (Å²) >= 11 is 0. The Balaban J connectivity index is 0.000000454. The largest absolute Gasteiger partial charge is 0.465 e. The van der Waals surface area contributed by atoms with Crippen molar-refractivity contribution in [3.8, 4) is 6.07 Å². The molecule has 3 rings (SSSR count). The zero-order valence-corrected chi connectivity index (χ0v) is 23.9. The molecule has 1 aliphatic rings. The zero-order valence-electron chi connectivity index (χ0n) is 23.9. The van der Waals surface area contributed by atoms with Crippen LogP contribution in [-0.4, -0.2) is 45.0 Å². The van der Waals surface area contributed by atoms with E-state index < -0.39 is 23.5 Å². The second kappa shape index (κ2) is 15.2. The highest BCUT2D eigenvalue weighted by Gasteiger charge is 2.44. The van der Waals surface area contributed by atoms with Crippen molar-refractivity contribution in [3.05, 3.63) is 47.4 Å². The van der Waals surface area contributed by atoms with Gasteiger partial charge in [0.1, 0.15) is 5.60 Å². The van der Waals surface area contributed by atoms with Gasteiger partial charge < -0.3 is 10.2 Å². The average molecular weight is 546 g/mol. The summed E-state index contributed by atoms with van der Waals surface area (Å²) in [7, 11) is 0. The lowest BCUT2D eigenvalue weighted by molar-refractivity contribution is -0.0977. The quantitative estimate of drug-likeness (QED) is 0.368. The van der Waals surface area contributed by atoms with Gasteiger partial charge in [0.2, 0.25) is 0 Å². The first kappa shape index (κ1) is 33.6. The number of carbonyl (C=O) groups is 1. The van der Waals surface area contributed by atoms with Crippen LogP contribution in [0.5, 0.6) is 0 Å². The van der Waals surface area contributed by atoms with E-state index in [9.17, 15) is 23.8 Å². The molecule has 1 aromatic heterocycles. The molecule has 1 amide bonds. The monoisotopic (exact) mass is 545 g/mol. The maximum Gasteiger partial charge on any atom is 0.413 e. The van der Waals surface area contributed by atoms with Crippen LogP contribution >= 0.6 is 0 Å². The molecule has 10 heteroatoms. The summed E-state index contributed by atoms with van der Waals surface area (Å²) < 4.78 is 27.7. The van der Waals surface area contributed by atoms with Gasteiger partial charge in [-0.1, -0.05) is 20.8 Å². The number of halogens is 2. The molecule has 2 aromatic rings. The number of nitrogens with zero attached hydrogens (tertiary/aromatic N) is 5. The molecule has 2 unspecified atom stereocenters. The lowest BCUT2D eigenvalue weighted by Crippen LogP contribution is -2.41. The molecule has 1 aromatic carbocycles. The van der Waals surface area contributed by atoms with Crippen LogP contribution in [0.2, 0.25) is 0 Å². The standard InChI is InChI=1S/C17H25F2N3O3.C10H10N2.C2H6/c1-4-12-7-11(5-6-17(12,18)19)10-22(15(23)24)14-9-20-13(8-21-14)16(2,3)25;1-3-12-10-5-4-9(7-11)6-8(10)2;1-2/h8-9,11-12,25H,4-7,10H2,1-3H3,(H,23,24);3-6H,1-2H3;1-2H3. The van der Waals surface area contributed by atoms with E-state index in [1.54, 1.807) is 33.1 Å². The van der Waals surface area contributed by atoms with Crippen molar-refractivity contribution in [3.63, 3.8) is 0 Å². The summed E-state index contributed by atoms with van der Waals surface area (Å²) in [5, 5.41) is 28.0. The second-order valence-corrected chi connectivity index (χ2v) is 9.72. The van der Waals surface area contributed by atoms with E-state index in [0.29, 0.717) is 24.1 Å². The molecule has 214 valence electrons. The molecule has 1 saturated carbocycles. The van der Waals surface area contributed by atoms with Gasteiger partial charge in [0.25, 0.3) is 5.92 Å². The van der Waals surface area contributed by atoms with Crippen molar-refractivity contribution < 1.29 is 23.8 Å². The van der Waals surface area contributed by atoms with Gasteiger partial charge >= 0.3 is 6.09 Å². The molecule has 0 saturated heterocycles. The molecule has 8 nitrogen and oxygen atoms in total. The van der Waals surface area contributed by atoms with Gasteiger partial charge in [-0.2, -0.15) is 5.26 Å².